The van der Waals surface area contributed by atoms with E-state index < -0.39 is 0 Å². The predicted molar refractivity (Wildman–Crippen MR) is 62.9 cm³/mol. The molecule has 0 amide bonds. The standard InChI is InChI=1S/C7H9N.C3H8.C2H6/c1-6-2-4-7(8)5-3-6;1-3-2;1-2/h2-5H,8H2,1H3;3H2,1-2H3;1-2H3. The van der Waals surface area contributed by atoms with E-state index in [1.165, 1.54) is 12.0 Å². The molecule has 1 heteroatoms. The van der Waals surface area contributed by atoms with Crippen molar-refractivity contribution in [2.45, 2.75) is 41.0 Å². The predicted octanol–water partition coefficient (Wildman–Crippen LogP) is 4.02. The van der Waals surface area contributed by atoms with Gasteiger partial charge in [0.05, 0.1) is 0 Å². The van der Waals surface area contributed by atoms with Gasteiger partial charge in [-0.05, 0) is 19.1 Å². The summed E-state index contributed by atoms with van der Waals surface area (Å²) in [5.74, 6) is 0. The Balaban J connectivity index is 0. The van der Waals surface area contributed by atoms with E-state index in [2.05, 4.69) is 13.8 Å². The van der Waals surface area contributed by atoms with Gasteiger partial charge in [0.25, 0.3) is 0 Å². The fraction of sp³-hybridized carbons (Fsp3) is 0.500. The molecule has 1 aromatic rings. The van der Waals surface area contributed by atoms with Crippen molar-refractivity contribution < 1.29 is 0 Å². The number of hydrogen-bond acceptors (Lipinski definition) is 1. The first-order chi connectivity index (χ1) is 6.20. The molecule has 0 atom stereocenters. The van der Waals surface area contributed by atoms with Gasteiger partial charge in [-0.3, -0.25) is 0 Å². The molecule has 0 aliphatic heterocycles. The van der Waals surface area contributed by atoms with Gasteiger partial charge in [0.2, 0.25) is 0 Å². The molecule has 76 valence electrons. The third kappa shape index (κ3) is 11.0. The molecule has 1 aromatic carbocycles. The zero-order valence-electron chi connectivity index (χ0n) is 9.59. The quantitative estimate of drug-likeness (QED) is 0.601. The lowest BCUT2D eigenvalue weighted by Crippen LogP contribution is -1.81. The molecule has 0 radical (unpaired) electrons. The fourth-order valence-corrected chi connectivity index (χ4v) is 0.566. The molecular weight excluding hydrogens is 158 g/mol. The Labute approximate surface area is 83.0 Å². The number of rotatable bonds is 0. The number of hydrogen-bond donors (Lipinski definition) is 1. The SMILES string of the molecule is CC.CCC.Cc1ccc(N)cc1. The van der Waals surface area contributed by atoms with E-state index in [0.29, 0.717) is 0 Å². The van der Waals surface area contributed by atoms with Crippen LogP contribution in [0.25, 0.3) is 0 Å². The van der Waals surface area contributed by atoms with Crippen molar-refractivity contribution in [3.8, 4) is 0 Å². The number of nitrogens with two attached hydrogens (primary N) is 1. The Morgan fingerprint density at radius 2 is 1.31 bits per heavy atom. The molecule has 0 saturated carbocycles. The van der Waals surface area contributed by atoms with Gasteiger partial charge in [-0.15, -0.1) is 0 Å². The van der Waals surface area contributed by atoms with Crippen LogP contribution in [0, 0.1) is 6.92 Å². The lowest BCUT2D eigenvalue weighted by atomic mass is 10.2. The summed E-state index contributed by atoms with van der Waals surface area (Å²) in [6.45, 7) is 10.3. The normalized spacial score (nSPS) is 7.46. The maximum absolute atomic E-state index is 5.43. The van der Waals surface area contributed by atoms with Crippen molar-refractivity contribution in [2.24, 2.45) is 0 Å². The van der Waals surface area contributed by atoms with Crippen LogP contribution in [0.1, 0.15) is 39.7 Å². The Morgan fingerprint density at radius 3 is 1.54 bits per heavy atom. The van der Waals surface area contributed by atoms with Gasteiger partial charge in [-0.1, -0.05) is 51.8 Å². The van der Waals surface area contributed by atoms with Crippen LogP contribution in [0.4, 0.5) is 5.69 Å². The minimum atomic E-state index is 0.829. The van der Waals surface area contributed by atoms with E-state index in [0.717, 1.165) is 5.69 Å². The second-order valence-corrected chi connectivity index (χ2v) is 2.62. The van der Waals surface area contributed by atoms with E-state index in [1.807, 2.05) is 45.0 Å². The molecule has 1 nitrogen and oxygen atoms in total. The van der Waals surface area contributed by atoms with E-state index >= 15 is 0 Å². The second-order valence-electron chi connectivity index (χ2n) is 2.62. The molecule has 0 unspecified atom stereocenters. The average molecular weight is 181 g/mol. The number of anilines is 1. The van der Waals surface area contributed by atoms with Crippen LogP contribution in [0.15, 0.2) is 24.3 Å². The summed E-state index contributed by atoms with van der Waals surface area (Å²) >= 11 is 0. The fourth-order valence-electron chi connectivity index (χ4n) is 0.566. The van der Waals surface area contributed by atoms with Gasteiger partial charge in [-0.2, -0.15) is 0 Å². The molecule has 0 aliphatic rings. The van der Waals surface area contributed by atoms with Crippen LogP contribution in [0.5, 0.6) is 0 Å². The Kier molecular flexibility index (Phi) is 12.3. The first-order valence-electron chi connectivity index (χ1n) is 5.02. The third-order valence-electron chi connectivity index (χ3n) is 1.08. The van der Waals surface area contributed by atoms with Crippen LogP contribution in [-0.2, 0) is 0 Å². The molecule has 0 bridgehead atoms. The number of aryl methyl sites for hydroxylation is 1. The highest BCUT2D eigenvalue weighted by Crippen LogP contribution is 2.02. The third-order valence-corrected chi connectivity index (χ3v) is 1.08. The highest BCUT2D eigenvalue weighted by Gasteiger charge is 1.80. The van der Waals surface area contributed by atoms with Gasteiger partial charge < -0.3 is 5.73 Å². The molecule has 0 spiro atoms. The summed E-state index contributed by atoms with van der Waals surface area (Å²) < 4.78 is 0. The molecule has 0 saturated heterocycles. The number of benzene rings is 1. The molecular formula is C12H23N. The molecule has 0 aliphatic carbocycles. The lowest BCUT2D eigenvalue weighted by Gasteiger charge is -1.90. The monoisotopic (exact) mass is 181 g/mol. The van der Waals surface area contributed by atoms with Gasteiger partial charge in [0.1, 0.15) is 0 Å². The van der Waals surface area contributed by atoms with Gasteiger partial charge >= 0.3 is 0 Å². The highest BCUT2D eigenvalue weighted by molar-refractivity contribution is 5.38. The first-order valence-corrected chi connectivity index (χ1v) is 5.02. The molecule has 1 rings (SSSR count). The highest BCUT2D eigenvalue weighted by atomic mass is 14.5. The molecule has 2 N–H and O–H groups in total. The van der Waals surface area contributed by atoms with E-state index in [-0.39, 0.29) is 0 Å². The minimum absolute atomic E-state index is 0.829. The van der Waals surface area contributed by atoms with Crippen molar-refractivity contribution >= 4 is 5.69 Å². The summed E-state index contributed by atoms with van der Waals surface area (Å²) in [4.78, 5) is 0. The zero-order chi connectivity index (χ0) is 10.7. The Hall–Kier alpha value is -0.980. The maximum atomic E-state index is 5.43. The van der Waals surface area contributed by atoms with Gasteiger partial charge in [0.15, 0.2) is 0 Å². The second kappa shape index (κ2) is 11.0. The lowest BCUT2D eigenvalue weighted by molar-refractivity contribution is 1.09. The smallest absolute Gasteiger partial charge is 0.0314 e. The van der Waals surface area contributed by atoms with Crippen LogP contribution >= 0.6 is 0 Å². The van der Waals surface area contributed by atoms with Crippen LogP contribution in [-0.4, -0.2) is 0 Å². The van der Waals surface area contributed by atoms with Crippen molar-refractivity contribution in [1.82, 2.24) is 0 Å². The Bertz CT molecular complexity index is 156. The number of nitrogen functional groups attached to an aromatic ring is 1. The summed E-state index contributed by atoms with van der Waals surface area (Å²) in [5, 5.41) is 0. The van der Waals surface area contributed by atoms with Crippen LogP contribution < -0.4 is 5.73 Å². The zero-order valence-corrected chi connectivity index (χ0v) is 9.59. The summed E-state index contributed by atoms with van der Waals surface area (Å²) in [5.41, 5.74) is 7.51. The van der Waals surface area contributed by atoms with Crippen molar-refractivity contribution in [2.75, 3.05) is 5.73 Å². The minimum Gasteiger partial charge on any atom is -0.399 e. The van der Waals surface area contributed by atoms with Crippen molar-refractivity contribution in [3.63, 3.8) is 0 Å². The summed E-state index contributed by atoms with van der Waals surface area (Å²) in [6, 6.07) is 7.79. The van der Waals surface area contributed by atoms with E-state index in [4.69, 9.17) is 5.73 Å². The van der Waals surface area contributed by atoms with E-state index in [9.17, 15) is 0 Å². The maximum Gasteiger partial charge on any atom is 0.0314 e. The molecule has 0 heterocycles. The van der Waals surface area contributed by atoms with E-state index in [1.54, 1.807) is 0 Å². The molecule has 0 aromatic heterocycles. The average Bonchev–Trinajstić information content (AvgIpc) is 2.15. The van der Waals surface area contributed by atoms with Crippen LogP contribution in [0.2, 0.25) is 0 Å². The largest absolute Gasteiger partial charge is 0.399 e. The Morgan fingerprint density at radius 1 is 1.00 bits per heavy atom. The topological polar surface area (TPSA) is 26.0 Å². The van der Waals surface area contributed by atoms with Crippen molar-refractivity contribution in [1.29, 1.82) is 0 Å². The summed E-state index contributed by atoms with van der Waals surface area (Å²) in [7, 11) is 0. The van der Waals surface area contributed by atoms with Crippen LogP contribution in [0.3, 0.4) is 0 Å². The molecule has 13 heavy (non-hydrogen) atoms. The van der Waals surface area contributed by atoms with Gasteiger partial charge in [-0.25, -0.2) is 0 Å². The molecule has 0 fully saturated rings. The van der Waals surface area contributed by atoms with Crippen molar-refractivity contribution in [3.05, 3.63) is 29.8 Å². The summed E-state index contributed by atoms with van der Waals surface area (Å²) in [6.07, 6.45) is 1.25. The first kappa shape index (κ1) is 14.5. The van der Waals surface area contributed by atoms with Gasteiger partial charge in [0, 0.05) is 5.69 Å².